The molecule has 1 aromatic carbocycles. The summed E-state index contributed by atoms with van der Waals surface area (Å²) in [6.07, 6.45) is 0.579. The first kappa shape index (κ1) is 25.8. The molecular formula is C26H26F3N5O4. The smallest absolute Gasteiger partial charge is 0.415 e. The zero-order valence-corrected chi connectivity index (χ0v) is 20.6. The lowest BCUT2D eigenvalue weighted by molar-refractivity contribution is -0.384. The number of alkyl halides is 3. The Balaban J connectivity index is 1.66. The molecule has 4 bridgehead atoms. The van der Waals surface area contributed by atoms with Gasteiger partial charge in [-0.1, -0.05) is 42.5 Å². The largest absolute Gasteiger partial charge is 0.426 e. The molecule has 0 aliphatic carbocycles. The monoisotopic (exact) mass is 529 g/mol. The molecule has 200 valence electrons. The number of ether oxygens (including phenoxy) is 1. The number of nitrogens with zero attached hydrogens (tertiary/aromatic N) is 5. The zero-order chi connectivity index (χ0) is 26.9. The minimum Gasteiger partial charge on any atom is -0.415 e. The molecule has 0 radical (unpaired) electrons. The van der Waals surface area contributed by atoms with Gasteiger partial charge in [-0.05, 0) is 50.2 Å². The fraction of sp³-hybridized carbons (Fsp3) is 0.423. The molecule has 9 nitrogen and oxygen atoms in total. The van der Waals surface area contributed by atoms with Crippen LogP contribution >= 0.6 is 0 Å². The van der Waals surface area contributed by atoms with Crippen LogP contribution in [0.4, 0.5) is 24.7 Å². The fourth-order valence-electron chi connectivity index (χ4n) is 5.04. The van der Waals surface area contributed by atoms with E-state index in [0.29, 0.717) is 29.9 Å². The third-order valence-corrected chi connectivity index (χ3v) is 7.01. The first-order valence-electron chi connectivity index (χ1n) is 12.4. The lowest BCUT2D eigenvalue weighted by Crippen LogP contribution is -2.45. The Labute approximate surface area is 216 Å². The van der Waals surface area contributed by atoms with Crippen LogP contribution in [0.25, 0.3) is 11.6 Å². The van der Waals surface area contributed by atoms with E-state index in [-0.39, 0.29) is 24.8 Å². The van der Waals surface area contributed by atoms with Crippen LogP contribution in [0.5, 0.6) is 0 Å². The molecule has 2 aliphatic heterocycles. The molecule has 0 N–H and O–H groups in total. The Hall–Kier alpha value is -3.80. The molecule has 0 amide bonds. The van der Waals surface area contributed by atoms with E-state index in [1.165, 1.54) is 6.07 Å². The van der Waals surface area contributed by atoms with Gasteiger partial charge in [-0.3, -0.25) is 10.1 Å². The third kappa shape index (κ3) is 4.75. The molecule has 1 fully saturated rings. The van der Waals surface area contributed by atoms with Crippen molar-refractivity contribution in [2.45, 2.75) is 63.5 Å². The Bertz CT molecular complexity index is 1340. The van der Waals surface area contributed by atoms with Crippen molar-refractivity contribution in [3.63, 3.8) is 0 Å². The zero-order valence-electron chi connectivity index (χ0n) is 20.6. The summed E-state index contributed by atoms with van der Waals surface area (Å²) in [4.78, 5) is 17.8. The highest BCUT2D eigenvalue weighted by Crippen LogP contribution is 2.47. The van der Waals surface area contributed by atoms with E-state index in [2.05, 4.69) is 20.1 Å². The maximum absolute atomic E-state index is 14.8. The van der Waals surface area contributed by atoms with Crippen LogP contribution in [0, 0.1) is 17.0 Å². The number of hydrogen-bond acceptors (Lipinski definition) is 8. The van der Waals surface area contributed by atoms with Crippen LogP contribution in [0.15, 0.2) is 53.0 Å². The van der Waals surface area contributed by atoms with Crippen molar-refractivity contribution in [1.82, 2.24) is 15.2 Å². The molecule has 2 aromatic heterocycles. The number of hydrogen-bond donors (Lipinski definition) is 0. The van der Waals surface area contributed by atoms with E-state index >= 15 is 0 Å². The Kier molecular flexibility index (Phi) is 6.91. The summed E-state index contributed by atoms with van der Waals surface area (Å²) in [5.41, 5.74) is -2.50. The molecule has 4 heterocycles. The molecule has 5 rings (SSSR count). The topological polar surface area (TPSA) is 107 Å². The van der Waals surface area contributed by atoms with Gasteiger partial charge in [0.1, 0.15) is 5.82 Å². The first-order chi connectivity index (χ1) is 18.2. The summed E-state index contributed by atoms with van der Waals surface area (Å²) in [6.45, 7) is 2.08. The lowest BCUT2D eigenvalue weighted by Gasteiger charge is -2.32. The number of allylic oxidation sites excluding steroid dienone is 1. The minimum atomic E-state index is -4.92. The van der Waals surface area contributed by atoms with Gasteiger partial charge < -0.3 is 14.1 Å². The normalized spacial score (nSPS) is 22.5. The number of anilines is 1. The van der Waals surface area contributed by atoms with Crippen LogP contribution in [0.3, 0.4) is 0 Å². The maximum Gasteiger partial charge on any atom is 0.426 e. The molecule has 2 atom stereocenters. The first-order valence-corrected chi connectivity index (χ1v) is 12.4. The summed E-state index contributed by atoms with van der Waals surface area (Å²) in [5.74, 6) is -0.771. The SMILES string of the molecule is Cc1cc([N+](=O)[O-])c2nc1N1CCC[C@H]1C/C=C\CCC(OCc1ccccc1)(C(F)(F)F)c1nnc-2o1. The molecule has 2 aliphatic rings. The number of rotatable bonds is 4. The number of halogens is 3. The predicted molar refractivity (Wildman–Crippen MR) is 131 cm³/mol. The van der Waals surface area contributed by atoms with Gasteiger partial charge in [-0.25, -0.2) is 4.98 Å². The van der Waals surface area contributed by atoms with Crippen molar-refractivity contribution in [2.24, 2.45) is 0 Å². The van der Waals surface area contributed by atoms with Gasteiger partial charge in [0.15, 0.2) is 0 Å². The summed E-state index contributed by atoms with van der Waals surface area (Å²) >= 11 is 0. The van der Waals surface area contributed by atoms with Gasteiger partial charge in [0.25, 0.3) is 11.8 Å². The van der Waals surface area contributed by atoms with E-state index in [4.69, 9.17) is 9.15 Å². The third-order valence-electron chi connectivity index (χ3n) is 7.01. The number of aromatic nitrogens is 3. The van der Waals surface area contributed by atoms with Crippen LogP contribution in [-0.4, -0.2) is 38.9 Å². The maximum atomic E-state index is 14.8. The summed E-state index contributed by atoms with van der Waals surface area (Å²) in [6, 6.07) is 9.87. The van der Waals surface area contributed by atoms with E-state index in [9.17, 15) is 23.3 Å². The summed E-state index contributed by atoms with van der Waals surface area (Å²) in [7, 11) is 0. The van der Waals surface area contributed by atoms with Gasteiger partial charge in [-0.2, -0.15) is 13.2 Å². The van der Waals surface area contributed by atoms with Gasteiger partial charge in [0.05, 0.1) is 11.5 Å². The highest BCUT2D eigenvalue weighted by molar-refractivity contribution is 5.68. The number of pyridine rings is 1. The van der Waals surface area contributed by atoms with E-state index in [0.717, 1.165) is 12.8 Å². The van der Waals surface area contributed by atoms with Crippen LogP contribution in [0.2, 0.25) is 0 Å². The van der Waals surface area contributed by atoms with Crippen molar-refractivity contribution in [1.29, 1.82) is 0 Å². The Morgan fingerprint density at radius 3 is 2.76 bits per heavy atom. The van der Waals surface area contributed by atoms with Crippen molar-refractivity contribution in [3.05, 3.63) is 75.7 Å². The number of benzene rings is 1. The lowest BCUT2D eigenvalue weighted by atomic mass is 9.95. The molecule has 3 aromatic rings. The molecule has 1 saturated heterocycles. The van der Waals surface area contributed by atoms with Crippen molar-refractivity contribution in [3.8, 4) is 11.6 Å². The molecule has 1 unspecified atom stereocenters. The molecule has 0 saturated carbocycles. The number of aryl methyl sites for hydroxylation is 1. The molecule has 12 heteroatoms. The van der Waals surface area contributed by atoms with Crippen molar-refractivity contribution >= 4 is 11.5 Å². The fourth-order valence-corrected chi connectivity index (χ4v) is 5.04. The highest BCUT2D eigenvalue weighted by atomic mass is 19.4. The second kappa shape index (κ2) is 10.2. The second-order valence-corrected chi connectivity index (χ2v) is 9.50. The Morgan fingerprint density at radius 2 is 2.03 bits per heavy atom. The molecular weight excluding hydrogens is 503 g/mol. The van der Waals surface area contributed by atoms with Gasteiger partial charge in [0, 0.05) is 18.7 Å². The van der Waals surface area contributed by atoms with Crippen LogP contribution in [-0.2, 0) is 16.9 Å². The van der Waals surface area contributed by atoms with Gasteiger partial charge in [0.2, 0.25) is 11.3 Å². The van der Waals surface area contributed by atoms with Crippen molar-refractivity contribution < 1.29 is 27.2 Å². The minimum absolute atomic E-state index is 0.0431. The van der Waals surface area contributed by atoms with E-state index in [1.807, 2.05) is 6.08 Å². The molecule has 0 spiro atoms. The average molecular weight is 530 g/mol. The van der Waals surface area contributed by atoms with Crippen LogP contribution < -0.4 is 4.90 Å². The van der Waals surface area contributed by atoms with Crippen molar-refractivity contribution in [2.75, 3.05) is 11.4 Å². The summed E-state index contributed by atoms with van der Waals surface area (Å²) < 4.78 is 55.5. The van der Waals surface area contributed by atoms with Crippen LogP contribution in [0.1, 0.15) is 49.1 Å². The van der Waals surface area contributed by atoms with Gasteiger partial charge in [-0.15, -0.1) is 10.2 Å². The standard InChI is InChI=1S/C26H26F3N5O4/c1-17-15-20(34(35)36)21-23-31-32-24(38-23)25(26(27,28)29,37-16-18-9-4-2-5-10-18)13-7-3-6-11-19-12-8-14-33(19)22(17)30-21/h2-6,9-10,15,19H,7-8,11-14,16H2,1H3/b6-3-/t19-,25?/m1/s1. The number of nitro groups is 1. The highest BCUT2D eigenvalue weighted by Gasteiger charge is 2.61. The second-order valence-electron chi connectivity index (χ2n) is 9.50. The average Bonchev–Trinajstić information content (AvgIpc) is 3.55. The predicted octanol–water partition coefficient (Wildman–Crippen LogP) is 6.03. The van der Waals surface area contributed by atoms with Gasteiger partial charge >= 0.3 is 11.9 Å². The Morgan fingerprint density at radius 1 is 1.24 bits per heavy atom. The molecule has 38 heavy (non-hydrogen) atoms. The summed E-state index contributed by atoms with van der Waals surface area (Å²) in [5, 5.41) is 19.4. The quantitative estimate of drug-likeness (QED) is 0.229. The van der Waals surface area contributed by atoms with E-state index < -0.39 is 40.6 Å². The number of fused-ring (bicyclic) bond motifs is 7. The van der Waals surface area contributed by atoms with E-state index in [1.54, 1.807) is 43.3 Å².